The molecule has 0 aliphatic heterocycles. The first kappa shape index (κ1) is 12.1. The quantitative estimate of drug-likeness (QED) is 0.891. The maximum absolute atomic E-state index is 13.1. The molecule has 4 heteroatoms. The molecule has 0 heterocycles. The molecule has 0 bridgehead atoms. The van der Waals surface area contributed by atoms with Crippen LogP contribution in [0.1, 0.15) is 11.6 Å². The summed E-state index contributed by atoms with van der Waals surface area (Å²) in [5, 5.41) is 13.9. The van der Waals surface area contributed by atoms with Gasteiger partial charge in [0.15, 0.2) is 0 Å². The molecule has 0 spiro atoms. The van der Waals surface area contributed by atoms with Gasteiger partial charge in [0.1, 0.15) is 5.82 Å². The lowest BCUT2D eigenvalue weighted by molar-refractivity contribution is -0.307. The van der Waals surface area contributed by atoms with Gasteiger partial charge in [0, 0.05) is 5.69 Å². The molecule has 0 amide bonds. The van der Waals surface area contributed by atoms with Crippen LogP contribution in [0.3, 0.4) is 0 Å². The molecule has 1 unspecified atom stereocenters. The number of rotatable bonds is 4. The van der Waals surface area contributed by atoms with Gasteiger partial charge in [-0.25, -0.2) is 4.39 Å². The summed E-state index contributed by atoms with van der Waals surface area (Å²) >= 11 is 0. The molecule has 0 fully saturated rings. The van der Waals surface area contributed by atoms with Gasteiger partial charge in [-0.2, -0.15) is 0 Å². The molecule has 1 atom stereocenters. The van der Waals surface area contributed by atoms with Gasteiger partial charge in [0.05, 0.1) is 12.0 Å². The van der Waals surface area contributed by atoms with Crippen molar-refractivity contribution < 1.29 is 14.3 Å². The van der Waals surface area contributed by atoms with Crippen LogP contribution >= 0.6 is 0 Å². The molecule has 0 saturated carbocycles. The van der Waals surface area contributed by atoms with Crippen LogP contribution in [0.25, 0.3) is 0 Å². The monoisotopic (exact) mass is 244 g/mol. The van der Waals surface area contributed by atoms with E-state index in [9.17, 15) is 14.3 Å². The van der Waals surface area contributed by atoms with E-state index in [0.29, 0.717) is 11.3 Å². The average molecular weight is 244 g/mol. The lowest BCUT2D eigenvalue weighted by Crippen LogP contribution is -2.34. The third kappa shape index (κ3) is 2.85. The number of carbonyl (C=O) groups excluding carboxylic acids is 1. The van der Waals surface area contributed by atoms with Gasteiger partial charge in [-0.1, -0.05) is 30.3 Å². The van der Waals surface area contributed by atoms with Crippen LogP contribution < -0.4 is 10.4 Å². The van der Waals surface area contributed by atoms with Crippen LogP contribution in [0, 0.1) is 5.82 Å². The minimum absolute atomic E-state index is 0.318. The highest BCUT2D eigenvalue weighted by molar-refractivity contribution is 5.77. The molecule has 0 radical (unpaired) electrons. The van der Waals surface area contributed by atoms with Crippen molar-refractivity contribution in [1.29, 1.82) is 0 Å². The van der Waals surface area contributed by atoms with Crippen molar-refractivity contribution >= 4 is 11.7 Å². The Balaban J connectivity index is 2.27. The van der Waals surface area contributed by atoms with E-state index in [2.05, 4.69) is 5.32 Å². The molecule has 2 aromatic carbocycles. The Bertz CT molecular complexity index is 543. The first-order valence-corrected chi connectivity index (χ1v) is 5.45. The third-order valence-electron chi connectivity index (χ3n) is 2.50. The lowest BCUT2D eigenvalue weighted by atomic mass is 10.1. The summed E-state index contributed by atoms with van der Waals surface area (Å²) in [7, 11) is 0. The number of hydrogen-bond donors (Lipinski definition) is 1. The summed E-state index contributed by atoms with van der Waals surface area (Å²) in [6.45, 7) is 0. The second-order valence-electron chi connectivity index (χ2n) is 3.82. The summed E-state index contributed by atoms with van der Waals surface area (Å²) < 4.78 is 13.1. The van der Waals surface area contributed by atoms with Gasteiger partial charge in [-0.3, -0.25) is 0 Å². The van der Waals surface area contributed by atoms with E-state index in [0.717, 1.165) is 0 Å². The van der Waals surface area contributed by atoms with Crippen molar-refractivity contribution in [2.75, 3.05) is 5.32 Å². The summed E-state index contributed by atoms with van der Waals surface area (Å²) in [5.74, 6) is -1.78. The van der Waals surface area contributed by atoms with Gasteiger partial charge in [-0.15, -0.1) is 0 Å². The number of hydrogen-bond acceptors (Lipinski definition) is 3. The van der Waals surface area contributed by atoms with Crippen molar-refractivity contribution in [3.05, 3.63) is 66.0 Å². The highest BCUT2D eigenvalue weighted by atomic mass is 19.1. The smallest absolute Gasteiger partial charge is 0.123 e. The molecule has 3 nitrogen and oxygen atoms in total. The van der Waals surface area contributed by atoms with Crippen LogP contribution in [0.4, 0.5) is 10.1 Å². The number of carboxylic acid groups (broad SMARTS) is 1. The number of nitrogens with one attached hydrogen (secondary N) is 1. The first-order valence-electron chi connectivity index (χ1n) is 5.45. The Morgan fingerprint density at radius 1 is 1.11 bits per heavy atom. The molecular formula is C14H11FNO2-. The van der Waals surface area contributed by atoms with Crippen molar-refractivity contribution in [2.45, 2.75) is 6.04 Å². The predicted molar refractivity (Wildman–Crippen MR) is 64.2 cm³/mol. The zero-order chi connectivity index (χ0) is 13.0. The Hall–Kier alpha value is -2.36. The van der Waals surface area contributed by atoms with Crippen LogP contribution in [-0.2, 0) is 4.79 Å². The predicted octanol–water partition coefficient (Wildman–Crippen LogP) is 1.73. The van der Waals surface area contributed by atoms with Crippen molar-refractivity contribution in [3.8, 4) is 0 Å². The molecule has 0 aromatic heterocycles. The van der Waals surface area contributed by atoms with Crippen molar-refractivity contribution in [1.82, 2.24) is 0 Å². The van der Waals surface area contributed by atoms with Crippen LogP contribution in [-0.4, -0.2) is 5.97 Å². The van der Waals surface area contributed by atoms with Gasteiger partial charge < -0.3 is 15.2 Å². The maximum atomic E-state index is 13.1. The first-order chi connectivity index (χ1) is 8.66. The third-order valence-corrected chi connectivity index (χ3v) is 2.50. The summed E-state index contributed by atoms with van der Waals surface area (Å²) in [6, 6.07) is 13.2. The van der Waals surface area contributed by atoms with Crippen LogP contribution in [0.15, 0.2) is 54.6 Å². The number of anilines is 1. The Morgan fingerprint density at radius 3 is 2.44 bits per heavy atom. The highest BCUT2D eigenvalue weighted by Gasteiger charge is 2.12. The lowest BCUT2D eigenvalue weighted by Gasteiger charge is -2.21. The zero-order valence-electron chi connectivity index (χ0n) is 9.47. The van der Waals surface area contributed by atoms with E-state index in [-0.39, 0.29) is 0 Å². The van der Waals surface area contributed by atoms with E-state index in [4.69, 9.17) is 0 Å². The second kappa shape index (κ2) is 5.31. The topological polar surface area (TPSA) is 52.2 Å². The van der Waals surface area contributed by atoms with Gasteiger partial charge >= 0.3 is 0 Å². The number of aliphatic carboxylic acids is 1. The number of carboxylic acids is 1. The largest absolute Gasteiger partial charge is 0.548 e. The fraction of sp³-hybridized carbons (Fsp3) is 0.0714. The fourth-order valence-electron chi connectivity index (χ4n) is 1.67. The van der Waals surface area contributed by atoms with Crippen molar-refractivity contribution in [3.63, 3.8) is 0 Å². The number of para-hydroxylation sites is 1. The Labute approximate surface area is 104 Å². The highest BCUT2D eigenvalue weighted by Crippen LogP contribution is 2.19. The van der Waals surface area contributed by atoms with E-state index < -0.39 is 17.8 Å². The molecule has 2 rings (SSSR count). The second-order valence-corrected chi connectivity index (χ2v) is 3.82. The standard InChI is InChI=1S/C14H12FNO2/c15-11-6-4-5-10(9-11)13(14(17)18)16-12-7-2-1-3-8-12/h1-9,13,16H,(H,17,18)/p-1. The Morgan fingerprint density at radius 2 is 1.83 bits per heavy atom. The SMILES string of the molecule is O=C([O-])C(Nc1ccccc1)c1cccc(F)c1. The van der Waals surface area contributed by atoms with E-state index in [1.807, 2.05) is 6.07 Å². The summed E-state index contributed by atoms with van der Waals surface area (Å²) in [4.78, 5) is 11.1. The van der Waals surface area contributed by atoms with Crippen LogP contribution in [0.5, 0.6) is 0 Å². The Kier molecular flexibility index (Phi) is 3.57. The normalized spacial score (nSPS) is 11.8. The molecule has 1 N–H and O–H groups in total. The minimum Gasteiger partial charge on any atom is -0.548 e. The van der Waals surface area contributed by atoms with E-state index in [1.165, 1.54) is 18.2 Å². The zero-order valence-corrected chi connectivity index (χ0v) is 9.47. The molecule has 0 aliphatic rings. The van der Waals surface area contributed by atoms with Gasteiger partial charge in [-0.05, 0) is 29.8 Å². The molecule has 0 saturated heterocycles. The average Bonchev–Trinajstić information content (AvgIpc) is 2.37. The van der Waals surface area contributed by atoms with E-state index >= 15 is 0 Å². The maximum Gasteiger partial charge on any atom is 0.123 e. The van der Waals surface area contributed by atoms with E-state index in [1.54, 1.807) is 30.3 Å². The molecule has 18 heavy (non-hydrogen) atoms. The molecule has 2 aromatic rings. The minimum atomic E-state index is -1.30. The summed E-state index contributed by atoms with van der Waals surface area (Å²) in [6.07, 6.45) is 0. The van der Waals surface area contributed by atoms with Gasteiger partial charge in [0.2, 0.25) is 0 Å². The number of benzene rings is 2. The fourth-order valence-corrected chi connectivity index (χ4v) is 1.67. The summed E-state index contributed by atoms with van der Waals surface area (Å²) in [5.41, 5.74) is 0.954. The molecular weight excluding hydrogens is 233 g/mol. The van der Waals surface area contributed by atoms with Crippen molar-refractivity contribution in [2.24, 2.45) is 0 Å². The molecule has 92 valence electrons. The molecule has 0 aliphatic carbocycles. The van der Waals surface area contributed by atoms with Crippen LogP contribution in [0.2, 0.25) is 0 Å². The number of carbonyl (C=O) groups is 1. The van der Waals surface area contributed by atoms with Gasteiger partial charge in [0.25, 0.3) is 0 Å². The number of halogens is 1.